The van der Waals surface area contributed by atoms with Crippen LogP contribution in [0.2, 0.25) is 0 Å². The Hall–Kier alpha value is -7.08. The molecule has 25 nitrogen and oxygen atoms in total. The highest BCUT2D eigenvalue weighted by molar-refractivity contribution is 6.01. The van der Waals surface area contributed by atoms with Crippen LogP contribution in [0.5, 0.6) is 0 Å². The number of alkyl halides is 6. The Morgan fingerprint density at radius 1 is 0.626 bits per heavy atom. The monoisotopic (exact) mass is 1520 g/mol. The van der Waals surface area contributed by atoms with Gasteiger partial charge in [-0.25, -0.2) is 13.2 Å². The van der Waals surface area contributed by atoms with Gasteiger partial charge >= 0.3 is 6.18 Å². The third-order valence-electron chi connectivity index (χ3n) is 24.4. The molecule has 3 N–H and O–H groups in total. The summed E-state index contributed by atoms with van der Waals surface area (Å²) in [5, 5.41) is 8.57. The Labute approximate surface area is 627 Å². The van der Waals surface area contributed by atoms with Crippen molar-refractivity contribution >= 4 is 70.9 Å². The molecule has 1 spiro atoms. The highest BCUT2D eigenvalue weighted by Gasteiger charge is 2.56. The summed E-state index contributed by atoms with van der Waals surface area (Å²) in [6.45, 7) is 7.34. The first-order valence-corrected chi connectivity index (χ1v) is 39.0. The third kappa shape index (κ3) is 21.3. The van der Waals surface area contributed by atoms with Crippen LogP contribution in [0, 0.1) is 35.5 Å². The van der Waals surface area contributed by atoms with Gasteiger partial charge in [0.25, 0.3) is 0 Å². The quantitative estimate of drug-likeness (QED) is 0.120. The molecule has 604 valence electrons. The van der Waals surface area contributed by atoms with Gasteiger partial charge in [0.05, 0.1) is 25.6 Å². The number of carbonyl (C=O) groups is 12. The molecule has 31 heteroatoms. The SMILES string of the molecule is CCO[C@@H]1C[C@H]2C(=O)NC3(CCC3)C(=O)N(C)[C@@H](C(CC)CC)C(=O)N(C)[C@H](C(=O)N(C)C)CC(=O)N(C)[C@@H](CC3CCCC3)C(=O)N[C@@H]([C@@H](C)CC)C(=O)N(C)CC(=O)N(C)[C@H]3C/C=C\CCN(C3=O)[C@@H](CC3CCC(F)CC3)C(=O)N(C)CC(=O)N[C@@H](CCC3CC(F)C(C(F)(F)F)C(F)C3)C(=O)N2C1. The van der Waals surface area contributed by atoms with Crippen LogP contribution in [-0.4, -0.2) is 289 Å². The Bertz CT molecular complexity index is 3150. The van der Waals surface area contributed by atoms with Crippen molar-refractivity contribution in [2.24, 2.45) is 35.5 Å². The van der Waals surface area contributed by atoms with Gasteiger partial charge in [-0.3, -0.25) is 57.5 Å². The van der Waals surface area contributed by atoms with Crippen molar-refractivity contribution in [1.29, 1.82) is 0 Å². The fourth-order valence-electron chi connectivity index (χ4n) is 17.2. The van der Waals surface area contributed by atoms with Gasteiger partial charge in [0, 0.05) is 82.5 Å². The molecule has 0 aromatic rings. The number of fused-ring (bicyclic) bond motifs is 3. The Kier molecular flexibility index (Phi) is 31.4. The van der Waals surface area contributed by atoms with Gasteiger partial charge in [-0.2, -0.15) is 13.2 Å². The molecule has 7 rings (SSSR count). The van der Waals surface area contributed by atoms with Gasteiger partial charge in [-0.05, 0) is 133 Å². The van der Waals surface area contributed by atoms with E-state index in [0.29, 0.717) is 38.5 Å². The Morgan fingerprint density at radius 3 is 1.80 bits per heavy atom. The number of ether oxygens (including phenoxy) is 1. The zero-order valence-corrected chi connectivity index (χ0v) is 65.2. The molecule has 12 atom stereocenters. The highest BCUT2D eigenvalue weighted by atomic mass is 19.4. The molecular weight excluding hydrogens is 1400 g/mol. The number of hydrogen-bond acceptors (Lipinski definition) is 13. The summed E-state index contributed by atoms with van der Waals surface area (Å²) in [7, 11) is 11.2. The van der Waals surface area contributed by atoms with Crippen molar-refractivity contribution in [3.63, 3.8) is 0 Å². The molecule has 12 amide bonds. The first-order chi connectivity index (χ1) is 50.4. The van der Waals surface area contributed by atoms with Crippen LogP contribution in [0.25, 0.3) is 0 Å². The van der Waals surface area contributed by atoms with E-state index < -0.39 is 218 Å². The Morgan fingerprint density at radius 2 is 1.23 bits per heavy atom. The smallest absolute Gasteiger partial charge is 0.377 e. The molecule has 0 radical (unpaired) electrons. The average Bonchev–Trinajstić information content (AvgIpc) is 1.03. The molecule has 0 aromatic carbocycles. The summed E-state index contributed by atoms with van der Waals surface area (Å²) in [5.41, 5.74) is -1.68. The fraction of sp³-hybridized carbons (Fsp3) is 0.816. The standard InChI is InChI=1S/C76H120F6N12O13/c1-14-45(5)64-72(104)88(9)44-62(97)89(10)55-26-19-18-22-35-93(71(55)103)59(39-47-27-30-50(77)31-28-47)70(102)87(8)43-60(95)83-54(32-29-48-36-52(78)63(53(79)37-48)76(80,81)82)68(100)94-42-51(107-17-4)40-57(94)67(99)85-75(33-23-34-75)74(106)92(13)65(49(15-2)16-3)73(105)91(12)58(69(101)86(6)7)41-61(96)90(11)56(66(98)84-64)38-46-24-20-21-25-46/h18-19,45-59,63-65H,14-17,20-44H2,1-13H3,(H,83,95)(H,84,98)(H,85,99)/b19-18-/t45-,47?,48?,50?,51+,52?,53?,54-,55-,56-,57-,58-,59-,63?,64-,65-/m0/s1. The Balaban J connectivity index is 1.33. The van der Waals surface area contributed by atoms with E-state index in [0.717, 1.165) is 45.3 Å². The van der Waals surface area contributed by atoms with E-state index in [4.69, 9.17) is 4.74 Å². The first kappa shape index (κ1) is 87.1. The molecule has 2 saturated heterocycles. The number of halogens is 6. The van der Waals surface area contributed by atoms with Crippen molar-refractivity contribution in [3.05, 3.63) is 12.2 Å². The molecule has 2 bridgehead atoms. The van der Waals surface area contributed by atoms with Gasteiger partial charge in [0.2, 0.25) is 70.9 Å². The van der Waals surface area contributed by atoms with E-state index >= 15 is 47.1 Å². The van der Waals surface area contributed by atoms with Crippen LogP contribution in [0.15, 0.2) is 12.2 Å². The van der Waals surface area contributed by atoms with Crippen LogP contribution in [0.1, 0.15) is 189 Å². The second-order valence-electron chi connectivity index (χ2n) is 31.8. The van der Waals surface area contributed by atoms with E-state index in [9.17, 15) is 36.7 Å². The minimum Gasteiger partial charge on any atom is -0.377 e. The molecule has 7 aliphatic rings. The minimum atomic E-state index is -5.19. The molecule has 6 fully saturated rings. The van der Waals surface area contributed by atoms with Crippen molar-refractivity contribution in [2.75, 3.05) is 89.2 Å². The molecule has 2 unspecified atom stereocenters. The third-order valence-corrected chi connectivity index (χ3v) is 24.4. The maximum atomic E-state index is 15.6. The van der Waals surface area contributed by atoms with E-state index in [-0.39, 0.29) is 95.7 Å². The molecule has 0 aromatic heterocycles. The van der Waals surface area contributed by atoms with Crippen LogP contribution in [0.3, 0.4) is 0 Å². The van der Waals surface area contributed by atoms with Crippen LogP contribution >= 0.6 is 0 Å². The number of amides is 12. The molecule has 107 heavy (non-hydrogen) atoms. The number of likely N-dealkylation sites (N-methyl/N-ethyl adjacent to an activating group) is 7. The van der Waals surface area contributed by atoms with Gasteiger partial charge in [0.1, 0.15) is 78.3 Å². The largest absolute Gasteiger partial charge is 0.397 e. The van der Waals surface area contributed by atoms with Gasteiger partial charge < -0.3 is 64.8 Å². The number of hydrogen-bond donors (Lipinski definition) is 3. The van der Waals surface area contributed by atoms with E-state index in [1.165, 1.54) is 80.9 Å². The number of carbonyl (C=O) groups excluding carboxylic acids is 12. The lowest BCUT2D eigenvalue weighted by Crippen LogP contribution is -2.68. The summed E-state index contributed by atoms with van der Waals surface area (Å²) < 4.78 is 93.7. The maximum Gasteiger partial charge on any atom is 0.397 e. The summed E-state index contributed by atoms with van der Waals surface area (Å²) in [5.74, 6) is -14.2. The van der Waals surface area contributed by atoms with Crippen molar-refractivity contribution in [2.45, 2.75) is 273 Å². The fourth-order valence-corrected chi connectivity index (χ4v) is 17.2. The summed E-state index contributed by atoms with van der Waals surface area (Å²) >= 11 is 0. The average molecular weight is 1520 g/mol. The molecular formula is C76H120F6N12O13. The van der Waals surface area contributed by atoms with Crippen molar-refractivity contribution < 1.29 is 88.6 Å². The first-order valence-electron chi connectivity index (χ1n) is 39.0. The second-order valence-corrected chi connectivity index (χ2v) is 31.8. The van der Waals surface area contributed by atoms with E-state index in [1.807, 2.05) is 20.8 Å². The minimum absolute atomic E-state index is 0.0107. The molecule has 4 aliphatic carbocycles. The zero-order chi connectivity index (χ0) is 79.3. The van der Waals surface area contributed by atoms with Crippen LogP contribution in [-0.2, 0) is 62.3 Å². The lowest BCUT2D eigenvalue weighted by Gasteiger charge is -2.47. The van der Waals surface area contributed by atoms with Gasteiger partial charge in [0.15, 0.2) is 0 Å². The normalized spacial score (nSPS) is 32.0. The lowest BCUT2D eigenvalue weighted by molar-refractivity contribution is -0.219. The van der Waals surface area contributed by atoms with E-state index in [1.54, 1.807) is 26.0 Å². The van der Waals surface area contributed by atoms with Gasteiger partial charge in [-0.1, -0.05) is 84.8 Å². The van der Waals surface area contributed by atoms with E-state index in [2.05, 4.69) is 16.0 Å². The summed E-state index contributed by atoms with van der Waals surface area (Å²) in [6, 6.07) is -10.9. The predicted octanol–water partition coefficient (Wildman–Crippen LogP) is 6.29. The summed E-state index contributed by atoms with van der Waals surface area (Å²) in [6.07, 6.45) is -5.40. The number of nitrogens with one attached hydrogen (secondary N) is 3. The number of rotatable bonds is 15. The van der Waals surface area contributed by atoms with Crippen LogP contribution in [0.4, 0.5) is 26.3 Å². The van der Waals surface area contributed by atoms with Crippen molar-refractivity contribution in [3.8, 4) is 0 Å². The van der Waals surface area contributed by atoms with Gasteiger partial charge in [-0.15, -0.1) is 0 Å². The topological polar surface area (TPSA) is 279 Å². The number of nitrogens with zero attached hydrogens (tertiary/aromatic N) is 9. The molecule has 3 aliphatic heterocycles. The van der Waals surface area contributed by atoms with Crippen LogP contribution < -0.4 is 16.0 Å². The van der Waals surface area contributed by atoms with Crippen molar-refractivity contribution in [1.82, 2.24) is 60.0 Å². The molecule has 4 saturated carbocycles. The maximum absolute atomic E-state index is 15.6. The molecule has 3 heterocycles. The summed E-state index contributed by atoms with van der Waals surface area (Å²) in [4.78, 5) is 192. The predicted molar refractivity (Wildman–Crippen MR) is 386 cm³/mol. The second kappa shape index (κ2) is 38.5. The lowest BCUT2D eigenvalue weighted by atomic mass is 9.74. The highest BCUT2D eigenvalue weighted by Crippen LogP contribution is 2.45. The zero-order valence-electron chi connectivity index (χ0n) is 65.2.